The quantitative estimate of drug-likeness (QED) is 0.920. The van der Waals surface area contributed by atoms with Gasteiger partial charge in [-0.2, -0.15) is 0 Å². The van der Waals surface area contributed by atoms with Crippen LogP contribution in [0.4, 0.5) is 11.4 Å². The average molecular weight is 325 g/mol. The molecule has 0 saturated carbocycles. The Labute approximate surface area is 141 Å². The van der Waals surface area contributed by atoms with E-state index in [4.69, 9.17) is 0 Å². The van der Waals surface area contributed by atoms with Crippen molar-refractivity contribution in [3.63, 3.8) is 0 Å². The minimum atomic E-state index is -0.00697. The molecular weight excluding hydrogens is 302 g/mol. The summed E-state index contributed by atoms with van der Waals surface area (Å²) in [6.45, 7) is 5.79. The molecule has 0 fully saturated rings. The maximum atomic E-state index is 13.3. The molecule has 0 saturated heterocycles. The van der Waals surface area contributed by atoms with Crippen molar-refractivity contribution in [3.8, 4) is 0 Å². The second kappa shape index (κ2) is 5.92. The molecule has 0 aliphatic carbocycles. The van der Waals surface area contributed by atoms with Gasteiger partial charge in [0.15, 0.2) is 0 Å². The van der Waals surface area contributed by atoms with E-state index in [9.17, 15) is 4.79 Å². The number of hydrogen-bond acceptors (Lipinski definition) is 4. The van der Waals surface area contributed by atoms with Gasteiger partial charge in [0, 0.05) is 25.6 Å². The van der Waals surface area contributed by atoms with Crippen molar-refractivity contribution in [2.45, 2.75) is 39.3 Å². The Hall–Kier alpha value is -2.37. The molecule has 2 aliphatic heterocycles. The molecule has 6 heteroatoms. The summed E-state index contributed by atoms with van der Waals surface area (Å²) in [5.74, 6) is 1.66. The van der Waals surface area contributed by atoms with Crippen molar-refractivity contribution >= 4 is 17.3 Å². The van der Waals surface area contributed by atoms with Crippen molar-refractivity contribution in [2.75, 3.05) is 16.8 Å². The average Bonchev–Trinajstić information content (AvgIpc) is 3.07. The van der Waals surface area contributed by atoms with Gasteiger partial charge in [-0.3, -0.25) is 4.79 Å². The van der Waals surface area contributed by atoms with Gasteiger partial charge in [0.2, 0.25) is 5.91 Å². The highest BCUT2D eigenvalue weighted by molar-refractivity contribution is 5.99. The minimum Gasteiger partial charge on any atom is -0.379 e. The fourth-order valence-corrected chi connectivity index (χ4v) is 3.64. The number of anilines is 2. The monoisotopic (exact) mass is 325 g/mol. The van der Waals surface area contributed by atoms with Crippen LogP contribution in [0.5, 0.6) is 0 Å². The molecule has 3 heterocycles. The molecule has 2 aromatic rings. The molecule has 2 atom stereocenters. The summed E-state index contributed by atoms with van der Waals surface area (Å²) in [7, 11) is 0. The molecule has 126 valence electrons. The summed E-state index contributed by atoms with van der Waals surface area (Å²) in [4.78, 5) is 15.2. The fraction of sp³-hybridized carbons (Fsp3) is 0.500. The molecule has 2 aliphatic rings. The summed E-state index contributed by atoms with van der Waals surface area (Å²) >= 11 is 0. The molecule has 6 nitrogen and oxygen atoms in total. The van der Waals surface area contributed by atoms with Gasteiger partial charge in [-0.15, -0.1) is 10.2 Å². The van der Waals surface area contributed by atoms with Gasteiger partial charge in [-0.1, -0.05) is 26.0 Å². The highest BCUT2D eigenvalue weighted by Gasteiger charge is 2.34. The first-order valence-corrected chi connectivity index (χ1v) is 8.67. The molecule has 24 heavy (non-hydrogen) atoms. The zero-order valence-corrected chi connectivity index (χ0v) is 14.1. The summed E-state index contributed by atoms with van der Waals surface area (Å²) in [5.41, 5.74) is 2.05. The fourth-order valence-electron chi connectivity index (χ4n) is 3.64. The topological polar surface area (TPSA) is 63.1 Å². The number of fused-ring (bicyclic) bond motifs is 2. The van der Waals surface area contributed by atoms with E-state index < -0.39 is 0 Å². The van der Waals surface area contributed by atoms with Crippen molar-refractivity contribution < 1.29 is 4.79 Å². The first kappa shape index (κ1) is 15.2. The second-order valence-electron chi connectivity index (χ2n) is 7.10. The van der Waals surface area contributed by atoms with Crippen LogP contribution in [-0.2, 0) is 17.8 Å². The van der Waals surface area contributed by atoms with Crippen LogP contribution in [0.25, 0.3) is 0 Å². The standard InChI is InChI=1S/C18H23N5O/c1-12(2)15-10-23(16-6-4-3-5-14(16)20-15)18(24)13-7-8-17-21-19-11-22(17)9-13/h3-6,11-13,15,20H,7-10H2,1-2H3. The van der Waals surface area contributed by atoms with Crippen LogP contribution in [0.1, 0.15) is 26.1 Å². The zero-order valence-electron chi connectivity index (χ0n) is 14.1. The number of rotatable bonds is 2. The van der Waals surface area contributed by atoms with Gasteiger partial charge < -0.3 is 14.8 Å². The van der Waals surface area contributed by atoms with Crippen LogP contribution in [0.15, 0.2) is 30.6 Å². The van der Waals surface area contributed by atoms with Gasteiger partial charge in [0.05, 0.1) is 17.3 Å². The number of nitrogens with one attached hydrogen (secondary N) is 1. The number of aromatic nitrogens is 3. The molecule has 1 aromatic carbocycles. The second-order valence-corrected chi connectivity index (χ2v) is 7.10. The molecular formula is C18H23N5O. The number of aryl methyl sites for hydroxylation is 1. The number of nitrogens with zero attached hydrogens (tertiary/aromatic N) is 4. The largest absolute Gasteiger partial charge is 0.379 e. The van der Waals surface area contributed by atoms with E-state index in [1.54, 1.807) is 6.33 Å². The molecule has 0 spiro atoms. The van der Waals surface area contributed by atoms with E-state index in [1.807, 2.05) is 27.7 Å². The molecule has 1 amide bonds. The lowest BCUT2D eigenvalue weighted by Gasteiger charge is -2.39. The van der Waals surface area contributed by atoms with E-state index in [1.165, 1.54) is 0 Å². The van der Waals surface area contributed by atoms with Crippen LogP contribution >= 0.6 is 0 Å². The predicted octanol–water partition coefficient (Wildman–Crippen LogP) is 2.32. The lowest BCUT2D eigenvalue weighted by Crippen LogP contribution is -2.49. The third-order valence-corrected chi connectivity index (χ3v) is 5.16. The number of hydrogen-bond donors (Lipinski definition) is 1. The lowest BCUT2D eigenvalue weighted by molar-refractivity contribution is -0.123. The number of carbonyl (C=O) groups excluding carboxylic acids is 1. The third kappa shape index (κ3) is 2.56. The molecule has 1 N–H and O–H groups in total. The zero-order chi connectivity index (χ0) is 16.7. The minimum absolute atomic E-state index is 0.00697. The number of benzene rings is 1. The van der Waals surface area contributed by atoms with E-state index >= 15 is 0 Å². The number of carbonyl (C=O) groups is 1. The highest BCUT2D eigenvalue weighted by Crippen LogP contribution is 2.34. The Kier molecular flexibility index (Phi) is 3.75. The van der Waals surface area contributed by atoms with E-state index in [-0.39, 0.29) is 17.9 Å². The highest BCUT2D eigenvalue weighted by atomic mass is 16.2. The summed E-state index contributed by atoms with van der Waals surface area (Å²) < 4.78 is 2.01. The Morgan fingerprint density at radius 3 is 2.96 bits per heavy atom. The van der Waals surface area contributed by atoms with Gasteiger partial charge in [0.25, 0.3) is 0 Å². The van der Waals surface area contributed by atoms with E-state index in [0.717, 1.165) is 36.6 Å². The van der Waals surface area contributed by atoms with Crippen LogP contribution in [0.3, 0.4) is 0 Å². The Morgan fingerprint density at radius 2 is 2.12 bits per heavy atom. The lowest BCUT2D eigenvalue weighted by atomic mass is 9.94. The summed E-state index contributed by atoms with van der Waals surface area (Å²) in [6.07, 6.45) is 3.39. The van der Waals surface area contributed by atoms with Gasteiger partial charge in [-0.05, 0) is 24.5 Å². The maximum Gasteiger partial charge on any atom is 0.232 e. The van der Waals surface area contributed by atoms with Crippen LogP contribution < -0.4 is 10.2 Å². The third-order valence-electron chi connectivity index (χ3n) is 5.16. The van der Waals surface area contributed by atoms with Crippen molar-refractivity contribution in [3.05, 3.63) is 36.4 Å². The van der Waals surface area contributed by atoms with Gasteiger partial charge in [0.1, 0.15) is 12.2 Å². The molecule has 0 bridgehead atoms. The number of para-hydroxylation sites is 2. The Balaban J connectivity index is 1.61. The summed E-state index contributed by atoms with van der Waals surface area (Å²) in [6, 6.07) is 8.38. The molecule has 0 radical (unpaired) electrons. The molecule has 4 rings (SSSR count). The number of amides is 1. The Morgan fingerprint density at radius 1 is 1.29 bits per heavy atom. The van der Waals surface area contributed by atoms with Crippen molar-refractivity contribution in [1.82, 2.24) is 14.8 Å². The smallest absolute Gasteiger partial charge is 0.232 e. The maximum absolute atomic E-state index is 13.3. The van der Waals surface area contributed by atoms with Crippen molar-refractivity contribution in [2.24, 2.45) is 11.8 Å². The van der Waals surface area contributed by atoms with Gasteiger partial charge in [-0.25, -0.2) is 0 Å². The first-order valence-electron chi connectivity index (χ1n) is 8.67. The first-order chi connectivity index (χ1) is 11.6. The molecule has 1 aromatic heterocycles. The van der Waals surface area contributed by atoms with E-state index in [2.05, 4.69) is 35.4 Å². The van der Waals surface area contributed by atoms with Gasteiger partial charge >= 0.3 is 0 Å². The summed E-state index contributed by atoms with van der Waals surface area (Å²) in [5, 5.41) is 11.6. The van der Waals surface area contributed by atoms with Crippen molar-refractivity contribution in [1.29, 1.82) is 0 Å². The van der Waals surface area contributed by atoms with Crippen LogP contribution in [0.2, 0.25) is 0 Å². The Bertz CT molecular complexity index is 753. The van der Waals surface area contributed by atoms with Crippen LogP contribution in [-0.4, -0.2) is 33.3 Å². The normalized spacial score (nSPS) is 22.7. The molecule has 2 unspecified atom stereocenters. The SMILES string of the molecule is CC(C)C1CN(C(=O)C2CCc3nncn3C2)c2ccccc2N1. The predicted molar refractivity (Wildman–Crippen MR) is 92.9 cm³/mol. The van der Waals surface area contributed by atoms with E-state index in [0.29, 0.717) is 12.5 Å². The van der Waals surface area contributed by atoms with Crippen LogP contribution in [0, 0.1) is 11.8 Å².